The van der Waals surface area contributed by atoms with Crippen molar-refractivity contribution < 1.29 is 5.11 Å². The molecule has 0 amide bonds. The van der Waals surface area contributed by atoms with Gasteiger partial charge in [0.2, 0.25) is 0 Å². The minimum absolute atomic E-state index is 0.0464. The Hall–Kier alpha value is -1.22. The van der Waals surface area contributed by atoms with E-state index in [0.717, 1.165) is 11.1 Å². The van der Waals surface area contributed by atoms with Gasteiger partial charge in [0, 0.05) is 0 Å². The Morgan fingerprint density at radius 1 is 1.38 bits per heavy atom. The van der Waals surface area contributed by atoms with Crippen LogP contribution in [0, 0.1) is 11.8 Å². The normalized spacial score (nSPS) is 8.62. The molecule has 72 valence electrons. The van der Waals surface area contributed by atoms with Gasteiger partial charge >= 0.3 is 0 Å². The maximum Gasteiger partial charge on any atom is 0.108 e. The smallest absolute Gasteiger partial charge is 0.108 e. The molecule has 0 aromatic heterocycles. The van der Waals surface area contributed by atoms with E-state index < -0.39 is 0 Å². The van der Waals surface area contributed by atoms with E-state index in [1.165, 1.54) is 0 Å². The third kappa shape index (κ3) is 3.34. The van der Waals surface area contributed by atoms with Gasteiger partial charge in [-0.15, -0.1) is 4.91 Å². The molecular weight excluding hydrogens is 166 g/mol. The molecule has 0 unspecified atom stereocenters. The van der Waals surface area contributed by atoms with Gasteiger partial charge < -0.3 is 5.11 Å². The van der Waals surface area contributed by atoms with Gasteiger partial charge in [-0.25, -0.2) is 0 Å². The number of nitroso groups, excluding NO2 is 1. The van der Waals surface area contributed by atoms with E-state index >= 15 is 0 Å². The summed E-state index contributed by atoms with van der Waals surface area (Å²) in [6.07, 6.45) is 0. The van der Waals surface area contributed by atoms with Gasteiger partial charge in [0.05, 0.1) is 6.61 Å². The van der Waals surface area contributed by atoms with E-state index in [0.29, 0.717) is 5.69 Å². The van der Waals surface area contributed by atoms with E-state index in [1.54, 1.807) is 18.2 Å². The van der Waals surface area contributed by atoms with Gasteiger partial charge in [0.1, 0.15) is 5.69 Å². The molecule has 0 saturated carbocycles. The van der Waals surface area contributed by atoms with E-state index in [9.17, 15) is 4.91 Å². The van der Waals surface area contributed by atoms with Gasteiger partial charge in [-0.05, 0) is 35.4 Å². The summed E-state index contributed by atoms with van der Waals surface area (Å²) in [5.41, 5.74) is 2.08. The highest BCUT2D eigenvalue weighted by molar-refractivity contribution is 5.43. The monoisotopic (exact) mass is 181 g/mol. The summed E-state index contributed by atoms with van der Waals surface area (Å²) in [5.74, 6) is 0. The molecule has 0 radical (unpaired) electrons. The molecule has 1 N–H and O–H groups in total. The summed E-state index contributed by atoms with van der Waals surface area (Å²) < 4.78 is 0. The molecule has 0 fully saturated rings. The van der Waals surface area contributed by atoms with Crippen molar-refractivity contribution in [2.24, 2.45) is 5.18 Å². The number of aliphatic hydroxyl groups excluding tert-OH is 1. The zero-order valence-electron chi connectivity index (χ0n) is 8.24. The molecule has 13 heavy (non-hydrogen) atoms. The molecule has 0 bridgehead atoms. The fourth-order valence-corrected chi connectivity index (χ4v) is 0.885. The molecule has 0 heterocycles. The summed E-state index contributed by atoms with van der Waals surface area (Å²) in [7, 11) is 0. The van der Waals surface area contributed by atoms with Crippen molar-refractivity contribution in [2.45, 2.75) is 27.4 Å². The standard InChI is InChI=1S/C8H9NO2.C2H6/c1-6-2-3-8(9-11)4-7(6)5-10;1-2/h2-4,10H,5H2,1H3;1-2H3. The lowest BCUT2D eigenvalue weighted by molar-refractivity contribution is 0.281. The lowest BCUT2D eigenvalue weighted by Gasteiger charge is -2.00. The number of rotatable bonds is 2. The Morgan fingerprint density at radius 3 is 2.46 bits per heavy atom. The van der Waals surface area contributed by atoms with Gasteiger partial charge in [0.25, 0.3) is 0 Å². The molecule has 3 heteroatoms. The number of hydrogen-bond donors (Lipinski definition) is 1. The van der Waals surface area contributed by atoms with Crippen LogP contribution in [-0.4, -0.2) is 5.11 Å². The summed E-state index contributed by atoms with van der Waals surface area (Å²) in [6, 6.07) is 4.98. The maximum atomic E-state index is 10.1. The molecule has 0 aliphatic heterocycles. The number of benzene rings is 1. The molecule has 0 spiro atoms. The highest BCUT2D eigenvalue weighted by Crippen LogP contribution is 2.17. The molecule has 0 saturated heterocycles. The predicted molar refractivity (Wildman–Crippen MR) is 53.9 cm³/mol. The van der Waals surface area contributed by atoms with Crippen molar-refractivity contribution in [3.63, 3.8) is 0 Å². The van der Waals surface area contributed by atoms with Crippen LogP contribution in [0.1, 0.15) is 25.0 Å². The number of aryl methyl sites for hydroxylation is 1. The largest absolute Gasteiger partial charge is 0.392 e. The lowest BCUT2D eigenvalue weighted by Crippen LogP contribution is -1.86. The van der Waals surface area contributed by atoms with Crippen LogP contribution >= 0.6 is 0 Å². The molecule has 0 aliphatic rings. The van der Waals surface area contributed by atoms with Gasteiger partial charge in [-0.1, -0.05) is 19.9 Å². The average Bonchev–Trinajstić information content (AvgIpc) is 2.22. The lowest BCUT2D eigenvalue weighted by atomic mass is 10.1. The fraction of sp³-hybridized carbons (Fsp3) is 0.400. The van der Waals surface area contributed by atoms with Crippen molar-refractivity contribution in [1.29, 1.82) is 0 Å². The summed E-state index contributed by atoms with van der Waals surface area (Å²) >= 11 is 0. The second kappa shape index (κ2) is 6.31. The van der Waals surface area contributed by atoms with E-state index in [1.807, 2.05) is 20.8 Å². The first-order valence-electron chi connectivity index (χ1n) is 4.31. The summed E-state index contributed by atoms with van der Waals surface area (Å²) in [6.45, 7) is 5.83. The second-order valence-electron chi connectivity index (χ2n) is 2.36. The third-order valence-electron chi connectivity index (χ3n) is 1.61. The minimum atomic E-state index is -0.0464. The van der Waals surface area contributed by atoms with Crippen LogP contribution in [0.5, 0.6) is 0 Å². The molecule has 3 nitrogen and oxygen atoms in total. The molecule has 1 aromatic carbocycles. The summed E-state index contributed by atoms with van der Waals surface area (Å²) in [4.78, 5) is 10.1. The number of nitrogens with zero attached hydrogens (tertiary/aromatic N) is 1. The van der Waals surface area contributed by atoms with E-state index in [-0.39, 0.29) is 6.61 Å². The van der Waals surface area contributed by atoms with Crippen LogP contribution in [0.4, 0.5) is 5.69 Å². The molecule has 0 aliphatic carbocycles. The Bertz CT molecular complexity index is 272. The average molecular weight is 181 g/mol. The Labute approximate surface area is 78.4 Å². The highest BCUT2D eigenvalue weighted by atomic mass is 16.3. The highest BCUT2D eigenvalue weighted by Gasteiger charge is 1.97. The molecule has 1 rings (SSSR count). The number of aliphatic hydroxyl groups is 1. The first kappa shape index (κ1) is 11.8. The Balaban J connectivity index is 0.000000671. The second-order valence-corrected chi connectivity index (χ2v) is 2.36. The first-order valence-corrected chi connectivity index (χ1v) is 4.31. The van der Waals surface area contributed by atoms with Crippen LogP contribution in [0.25, 0.3) is 0 Å². The Kier molecular flexibility index (Phi) is 5.72. The van der Waals surface area contributed by atoms with E-state index in [4.69, 9.17) is 5.11 Å². The van der Waals surface area contributed by atoms with Crippen LogP contribution in [0.3, 0.4) is 0 Å². The van der Waals surface area contributed by atoms with Crippen molar-refractivity contribution in [2.75, 3.05) is 0 Å². The molecule has 0 atom stereocenters. The van der Waals surface area contributed by atoms with Crippen molar-refractivity contribution in [1.82, 2.24) is 0 Å². The van der Waals surface area contributed by atoms with Crippen molar-refractivity contribution in [3.05, 3.63) is 34.2 Å². The molecule has 1 aromatic rings. The topological polar surface area (TPSA) is 49.7 Å². The minimum Gasteiger partial charge on any atom is -0.392 e. The zero-order valence-corrected chi connectivity index (χ0v) is 8.24. The van der Waals surface area contributed by atoms with Crippen molar-refractivity contribution >= 4 is 5.69 Å². The van der Waals surface area contributed by atoms with Gasteiger partial charge in [-0.2, -0.15) is 0 Å². The molecular formula is C10H15NO2. The fourth-order valence-electron chi connectivity index (χ4n) is 0.885. The predicted octanol–water partition coefficient (Wildman–Crippen LogP) is 2.91. The van der Waals surface area contributed by atoms with Crippen LogP contribution < -0.4 is 0 Å². The van der Waals surface area contributed by atoms with E-state index in [2.05, 4.69) is 5.18 Å². The number of hydrogen-bond acceptors (Lipinski definition) is 3. The van der Waals surface area contributed by atoms with Gasteiger partial charge in [0.15, 0.2) is 0 Å². The quantitative estimate of drug-likeness (QED) is 0.713. The zero-order chi connectivity index (χ0) is 10.3. The van der Waals surface area contributed by atoms with Gasteiger partial charge in [-0.3, -0.25) is 0 Å². The van der Waals surface area contributed by atoms with Crippen LogP contribution in [0.2, 0.25) is 0 Å². The maximum absolute atomic E-state index is 10.1. The summed E-state index contributed by atoms with van der Waals surface area (Å²) in [5, 5.41) is 11.6. The SMILES string of the molecule is CC.Cc1ccc(N=O)cc1CO. The van der Waals surface area contributed by atoms with Crippen molar-refractivity contribution in [3.8, 4) is 0 Å². The van der Waals surface area contributed by atoms with Crippen LogP contribution in [0.15, 0.2) is 23.4 Å². The first-order chi connectivity index (χ1) is 6.27. The van der Waals surface area contributed by atoms with Crippen LogP contribution in [-0.2, 0) is 6.61 Å². The third-order valence-corrected chi connectivity index (χ3v) is 1.61. The Morgan fingerprint density at radius 2 is 2.00 bits per heavy atom.